The molecule has 0 amide bonds. The molecule has 3 aliphatic rings. The molecule has 4 heteroatoms. The zero-order valence-corrected chi connectivity index (χ0v) is 48.6. The first-order valence-electron chi connectivity index (χ1n) is 29.5. The lowest BCUT2D eigenvalue weighted by molar-refractivity contribution is 0.627. The summed E-state index contributed by atoms with van der Waals surface area (Å²) in [5, 5.41) is 4.58. The molecule has 0 bridgehead atoms. The summed E-state index contributed by atoms with van der Waals surface area (Å²) < 4.78 is 28.7. The van der Waals surface area contributed by atoms with E-state index in [2.05, 4.69) is 270 Å². The van der Waals surface area contributed by atoms with Crippen LogP contribution in [0.3, 0.4) is 0 Å². The molecule has 0 heterocycles. The third-order valence-corrected chi connectivity index (χ3v) is 18.7. The van der Waals surface area contributed by atoms with E-state index in [9.17, 15) is 8.78 Å². The summed E-state index contributed by atoms with van der Waals surface area (Å²) >= 11 is 0. The highest BCUT2D eigenvalue weighted by molar-refractivity contribution is 6.01. The second-order valence-corrected chi connectivity index (χ2v) is 24.8. The van der Waals surface area contributed by atoms with Gasteiger partial charge in [0, 0.05) is 49.8 Å². The van der Waals surface area contributed by atoms with E-state index >= 15 is 0 Å². The van der Waals surface area contributed by atoms with E-state index in [1.54, 1.807) is 24.3 Å². The van der Waals surface area contributed by atoms with Crippen molar-refractivity contribution in [3.63, 3.8) is 0 Å². The molecule has 0 atom stereocenters. The number of benzene rings is 12. The second kappa shape index (κ2) is 19.6. The van der Waals surface area contributed by atoms with E-state index < -0.39 is 0 Å². The number of fused-ring (bicyclic) bond motifs is 11. The van der Waals surface area contributed by atoms with Crippen LogP contribution in [-0.2, 0) is 16.2 Å². The third-order valence-electron chi connectivity index (χ3n) is 18.7. The number of hydrogen-bond donors (Lipinski definition) is 0. The summed E-state index contributed by atoms with van der Waals surface area (Å²) in [6.07, 6.45) is 9.04. The van der Waals surface area contributed by atoms with E-state index in [4.69, 9.17) is 0 Å². The zero-order chi connectivity index (χ0) is 57.9. The van der Waals surface area contributed by atoms with Crippen molar-refractivity contribution in [3.8, 4) is 33.4 Å². The molecule has 410 valence electrons. The van der Waals surface area contributed by atoms with Gasteiger partial charge in [-0.1, -0.05) is 224 Å². The molecule has 2 nitrogen and oxygen atoms in total. The van der Waals surface area contributed by atoms with Gasteiger partial charge in [0.25, 0.3) is 0 Å². The highest BCUT2D eigenvalue weighted by Crippen LogP contribution is 2.54. The molecule has 0 radical (unpaired) electrons. The number of nitrogens with zero attached hydrogens (tertiary/aromatic N) is 2. The maximum atomic E-state index is 14.4. The van der Waals surface area contributed by atoms with E-state index in [-0.39, 0.29) is 27.9 Å². The van der Waals surface area contributed by atoms with Gasteiger partial charge in [0.05, 0.1) is 11.4 Å². The van der Waals surface area contributed by atoms with Crippen molar-refractivity contribution in [2.75, 3.05) is 9.80 Å². The number of rotatable bonds is 10. The molecule has 0 unspecified atom stereocenters. The fraction of sp³-hybridized carbons (Fsp3) is 0.111. The molecule has 0 aliphatic heterocycles. The second-order valence-electron chi connectivity index (χ2n) is 24.8. The maximum absolute atomic E-state index is 14.4. The van der Waals surface area contributed by atoms with E-state index in [0.717, 1.165) is 66.8 Å². The van der Waals surface area contributed by atoms with Crippen LogP contribution in [0, 0.1) is 11.6 Å². The predicted molar refractivity (Wildman–Crippen MR) is 354 cm³/mol. The lowest BCUT2D eigenvalue weighted by Crippen LogP contribution is -2.17. The number of halogens is 2. The lowest BCUT2D eigenvalue weighted by atomic mass is 9.81. The Morgan fingerprint density at radius 1 is 0.271 bits per heavy atom. The van der Waals surface area contributed by atoms with Gasteiger partial charge >= 0.3 is 0 Å². The van der Waals surface area contributed by atoms with Crippen LogP contribution < -0.4 is 9.80 Å². The Kier molecular flexibility index (Phi) is 12.0. The molecule has 3 aliphatic carbocycles. The van der Waals surface area contributed by atoms with E-state index in [1.165, 1.54) is 77.9 Å². The molecule has 0 saturated heterocycles. The van der Waals surface area contributed by atoms with E-state index in [0.29, 0.717) is 0 Å². The summed E-state index contributed by atoms with van der Waals surface area (Å²) in [5.74, 6) is -0.510. The van der Waals surface area contributed by atoms with Gasteiger partial charge < -0.3 is 9.80 Å². The molecule has 12 aromatic carbocycles. The molecular formula is C81H62F2N2. The van der Waals surface area contributed by atoms with Crippen molar-refractivity contribution in [1.82, 2.24) is 0 Å². The van der Waals surface area contributed by atoms with Crippen LogP contribution in [0.15, 0.2) is 243 Å². The minimum Gasteiger partial charge on any atom is -0.310 e. The van der Waals surface area contributed by atoms with Crippen molar-refractivity contribution >= 4 is 80.0 Å². The molecule has 0 saturated carbocycles. The summed E-state index contributed by atoms with van der Waals surface area (Å²) in [6, 6.07) is 84.6. The largest absolute Gasteiger partial charge is 0.310 e. The number of anilines is 6. The summed E-state index contributed by atoms with van der Waals surface area (Å²) in [4.78, 5) is 4.52. The van der Waals surface area contributed by atoms with Crippen LogP contribution in [0.4, 0.5) is 42.9 Å². The normalized spacial score (nSPS) is 14.5. The highest BCUT2D eigenvalue weighted by Gasteiger charge is 2.39. The Bertz CT molecular complexity index is 4460. The van der Waals surface area contributed by atoms with Gasteiger partial charge in [-0.25, -0.2) is 8.78 Å². The van der Waals surface area contributed by atoms with Crippen LogP contribution in [0.1, 0.15) is 97.2 Å². The van der Waals surface area contributed by atoms with Crippen molar-refractivity contribution in [3.05, 3.63) is 310 Å². The Balaban J connectivity index is 0.672. The van der Waals surface area contributed by atoms with Crippen LogP contribution in [0.25, 0.3) is 79.2 Å². The maximum Gasteiger partial charge on any atom is 0.123 e. The van der Waals surface area contributed by atoms with Crippen molar-refractivity contribution < 1.29 is 8.78 Å². The van der Waals surface area contributed by atoms with Gasteiger partial charge in [-0.05, 0) is 185 Å². The monoisotopic (exact) mass is 1100 g/mol. The highest BCUT2D eigenvalue weighted by atomic mass is 19.1. The molecule has 0 spiro atoms. The SMILES string of the molecule is CC1(C)c2cc(/C=C/c3ccc4c(c3)C(C)(C)c3cc(N(c5ccc(F)cc5)c5cccc6ccccc56)ccc3-4)ccc2-c2ccc(/C=C/c3ccc4c(c3)C(C)(C)c3cc(N(c5ccc(F)cc5)c5cccc6ccccc56)ccc3-4)cc21. The summed E-state index contributed by atoms with van der Waals surface area (Å²) in [5.41, 5.74) is 25.4. The first kappa shape index (κ1) is 51.9. The molecule has 0 N–H and O–H groups in total. The first-order valence-corrected chi connectivity index (χ1v) is 29.5. The third kappa shape index (κ3) is 8.56. The van der Waals surface area contributed by atoms with Crippen molar-refractivity contribution in [2.24, 2.45) is 0 Å². The Morgan fingerprint density at radius 2 is 0.541 bits per heavy atom. The van der Waals surface area contributed by atoms with Gasteiger partial charge in [-0.15, -0.1) is 0 Å². The Morgan fingerprint density at radius 3 is 0.871 bits per heavy atom. The average molecular weight is 1100 g/mol. The van der Waals surface area contributed by atoms with Gasteiger partial charge in [0.15, 0.2) is 0 Å². The molecule has 85 heavy (non-hydrogen) atoms. The van der Waals surface area contributed by atoms with E-state index in [1.807, 2.05) is 24.3 Å². The Hall–Kier alpha value is -9.90. The van der Waals surface area contributed by atoms with Crippen molar-refractivity contribution in [2.45, 2.75) is 57.8 Å². The standard InChI is InChI=1S/C81H62F2N2/c1-79(2)71-45-51(21-23-53-27-41-67-69-43-37-61(49-75(69)80(3,4)73(67)47-53)84(59-33-29-57(82)30-34-59)77-19-11-15-55-13-7-9-17-63(55)77)25-39-65(71)66-40-26-52(46-72(66)79)22-24-54-28-42-68-70-44-38-62(50-76(70)81(5,6)74(68)48-54)85(60-35-31-58(83)32-36-60)78-20-12-16-56-14-8-10-18-64(56)78/h7-50H,1-6H3/b23-21+,24-22+. The van der Waals surface area contributed by atoms with Gasteiger partial charge in [0.2, 0.25) is 0 Å². The zero-order valence-electron chi connectivity index (χ0n) is 48.6. The quantitative estimate of drug-likeness (QED) is 0.126. The fourth-order valence-electron chi connectivity index (χ4n) is 14.2. The van der Waals surface area contributed by atoms with Crippen molar-refractivity contribution in [1.29, 1.82) is 0 Å². The molecule has 15 rings (SSSR count). The minimum atomic E-state index is -0.261. The van der Waals surface area contributed by atoms with Gasteiger partial charge in [0.1, 0.15) is 11.6 Å². The Labute approximate surface area is 497 Å². The van der Waals surface area contributed by atoms with Crippen LogP contribution in [-0.4, -0.2) is 0 Å². The molecule has 0 fully saturated rings. The average Bonchev–Trinajstić information content (AvgIpc) is 3.62. The topological polar surface area (TPSA) is 6.48 Å². The number of hydrogen-bond acceptors (Lipinski definition) is 2. The summed E-state index contributed by atoms with van der Waals surface area (Å²) in [7, 11) is 0. The first-order chi connectivity index (χ1) is 41.2. The van der Waals surface area contributed by atoms with Crippen LogP contribution in [0.2, 0.25) is 0 Å². The molecule has 12 aromatic rings. The fourth-order valence-corrected chi connectivity index (χ4v) is 14.2. The van der Waals surface area contributed by atoms with Crippen LogP contribution in [0.5, 0.6) is 0 Å². The van der Waals surface area contributed by atoms with Gasteiger partial charge in [-0.2, -0.15) is 0 Å². The smallest absolute Gasteiger partial charge is 0.123 e. The van der Waals surface area contributed by atoms with Crippen LogP contribution >= 0.6 is 0 Å². The van der Waals surface area contributed by atoms with Gasteiger partial charge in [-0.3, -0.25) is 0 Å². The minimum absolute atomic E-state index is 0.192. The molecular weight excluding hydrogens is 1040 g/mol. The molecule has 0 aromatic heterocycles. The predicted octanol–water partition coefficient (Wildman–Crippen LogP) is 22.5. The lowest BCUT2D eigenvalue weighted by Gasteiger charge is -2.29. The summed E-state index contributed by atoms with van der Waals surface area (Å²) in [6.45, 7) is 14.0.